The minimum Gasteiger partial charge on any atom is -0.311 e. The van der Waals surface area contributed by atoms with E-state index in [1.807, 2.05) is 85.8 Å². The highest BCUT2D eigenvalue weighted by atomic mass is 16.2. The first-order chi connectivity index (χ1) is 14.5. The van der Waals surface area contributed by atoms with Crippen LogP contribution in [0, 0.1) is 6.92 Å². The van der Waals surface area contributed by atoms with E-state index in [4.69, 9.17) is 0 Å². The Bertz CT molecular complexity index is 1110. The summed E-state index contributed by atoms with van der Waals surface area (Å²) in [5.74, 6) is -0.313. The molecule has 150 valence electrons. The lowest BCUT2D eigenvalue weighted by Gasteiger charge is -2.21. The monoisotopic (exact) mass is 398 g/mol. The van der Waals surface area contributed by atoms with Crippen LogP contribution in [-0.2, 0) is 4.79 Å². The number of aliphatic imine (C=N–C) groups is 1. The molecule has 3 aromatic carbocycles. The van der Waals surface area contributed by atoms with Crippen molar-refractivity contribution in [3.8, 4) is 0 Å². The van der Waals surface area contributed by atoms with Crippen molar-refractivity contribution in [2.24, 2.45) is 4.99 Å². The van der Waals surface area contributed by atoms with Crippen LogP contribution in [-0.4, -0.2) is 30.9 Å². The Kier molecular flexibility index (Phi) is 5.30. The average Bonchev–Trinajstić information content (AvgIpc) is 2.87. The van der Waals surface area contributed by atoms with E-state index in [-0.39, 0.29) is 5.91 Å². The molecule has 0 aliphatic carbocycles. The van der Waals surface area contributed by atoms with E-state index in [1.165, 1.54) is 4.90 Å². The third kappa shape index (κ3) is 3.93. The Morgan fingerprint density at radius 2 is 1.60 bits per heavy atom. The van der Waals surface area contributed by atoms with Crippen molar-refractivity contribution in [2.45, 2.75) is 13.1 Å². The second kappa shape index (κ2) is 8.21. The first kappa shape index (κ1) is 19.4. The lowest BCUT2D eigenvalue weighted by Crippen LogP contribution is -2.47. The smallest absolute Gasteiger partial charge is 0.311 e. The van der Waals surface area contributed by atoms with Crippen LogP contribution in [0.3, 0.4) is 0 Å². The van der Waals surface area contributed by atoms with E-state index in [9.17, 15) is 9.59 Å². The minimum absolute atomic E-state index is 0.313. The molecule has 6 nitrogen and oxygen atoms in total. The highest BCUT2D eigenvalue weighted by Gasteiger charge is 2.30. The van der Waals surface area contributed by atoms with Gasteiger partial charge in [0, 0.05) is 23.9 Å². The van der Waals surface area contributed by atoms with Gasteiger partial charge in [-0.2, -0.15) is 0 Å². The van der Waals surface area contributed by atoms with Crippen molar-refractivity contribution in [3.63, 3.8) is 0 Å². The largest absolute Gasteiger partial charge is 0.321 e. The van der Waals surface area contributed by atoms with E-state index < -0.39 is 12.2 Å². The Hall–Kier alpha value is -3.93. The summed E-state index contributed by atoms with van der Waals surface area (Å²) in [6, 6.07) is 24.2. The zero-order valence-electron chi connectivity index (χ0n) is 16.8. The van der Waals surface area contributed by atoms with E-state index >= 15 is 0 Å². The number of anilines is 2. The molecule has 4 rings (SSSR count). The number of benzene rings is 3. The van der Waals surface area contributed by atoms with Gasteiger partial charge in [-0.15, -0.1) is 0 Å². The molecule has 2 N–H and O–H groups in total. The van der Waals surface area contributed by atoms with Crippen molar-refractivity contribution in [2.75, 3.05) is 17.3 Å². The molecular formula is C24H22N4O2. The van der Waals surface area contributed by atoms with Crippen LogP contribution in [0.4, 0.5) is 16.2 Å². The van der Waals surface area contributed by atoms with E-state index in [0.717, 1.165) is 22.4 Å². The standard InChI is InChI=1S/C24H22N4O2/c1-16-12-14-18(15-13-16)25-24(30)27-22-23(29)28(2)20-11-7-6-10-19(20)21(26-22)17-8-4-3-5-9-17/h3-15,22H,1-2H3,(H2,25,27,30). The summed E-state index contributed by atoms with van der Waals surface area (Å²) in [6.45, 7) is 1.97. The fourth-order valence-corrected chi connectivity index (χ4v) is 3.37. The maximum absolute atomic E-state index is 13.1. The van der Waals surface area contributed by atoms with Gasteiger partial charge >= 0.3 is 6.03 Å². The van der Waals surface area contributed by atoms with Gasteiger partial charge in [-0.1, -0.05) is 66.2 Å². The van der Waals surface area contributed by atoms with Gasteiger partial charge in [0.25, 0.3) is 5.91 Å². The summed E-state index contributed by atoms with van der Waals surface area (Å²) in [7, 11) is 1.69. The van der Waals surface area contributed by atoms with Crippen LogP contribution in [0.1, 0.15) is 16.7 Å². The quantitative estimate of drug-likeness (QED) is 0.701. The summed E-state index contributed by atoms with van der Waals surface area (Å²) in [5.41, 5.74) is 4.85. The van der Waals surface area contributed by atoms with E-state index in [0.29, 0.717) is 11.4 Å². The summed E-state index contributed by atoms with van der Waals surface area (Å²) in [6.07, 6.45) is -1.05. The molecule has 0 aromatic heterocycles. The molecule has 1 atom stereocenters. The number of carbonyl (C=O) groups excluding carboxylic acids is 2. The third-order valence-corrected chi connectivity index (χ3v) is 4.97. The molecule has 1 aliphatic rings. The number of amides is 3. The molecule has 30 heavy (non-hydrogen) atoms. The molecule has 0 saturated carbocycles. The summed E-state index contributed by atoms with van der Waals surface area (Å²) >= 11 is 0. The number of likely N-dealkylation sites (N-methyl/N-ethyl adjacent to an activating group) is 1. The number of aryl methyl sites for hydroxylation is 1. The van der Waals surface area contributed by atoms with Crippen LogP contribution < -0.4 is 15.5 Å². The number of fused-ring (bicyclic) bond motifs is 1. The highest BCUT2D eigenvalue weighted by molar-refractivity contribution is 6.20. The van der Waals surface area contributed by atoms with Crippen LogP contribution in [0.25, 0.3) is 0 Å². The highest BCUT2D eigenvalue weighted by Crippen LogP contribution is 2.27. The van der Waals surface area contributed by atoms with E-state index in [1.54, 1.807) is 7.05 Å². The maximum Gasteiger partial charge on any atom is 0.321 e. The topological polar surface area (TPSA) is 73.8 Å². The van der Waals surface area contributed by atoms with Gasteiger partial charge in [0.2, 0.25) is 6.17 Å². The van der Waals surface area contributed by atoms with Gasteiger partial charge in [-0.25, -0.2) is 9.79 Å². The van der Waals surface area contributed by atoms with Crippen molar-refractivity contribution in [1.29, 1.82) is 0 Å². The van der Waals surface area contributed by atoms with Gasteiger partial charge in [-0.05, 0) is 25.1 Å². The average molecular weight is 398 g/mol. The predicted octanol–water partition coefficient (Wildman–Crippen LogP) is 3.96. The van der Waals surface area contributed by atoms with Gasteiger partial charge in [0.15, 0.2) is 0 Å². The number of benzodiazepines with no additional fused rings is 1. The number of carbonyl (C=O) groups is 2. The Labute approximate surface area is 175 Å². The molecule has 6 heteroatoms. The molecule has 3 aromatic rings. The lowest BCUT2D eigenvalue weighted by molar-refractivity contribution is -0.119. The van der Waals surface area contributed by atoms with Crippen molar-refractivity contribution >= 4 is 29.0 Å². The van der Waals surface area contributed by atoms with Crippen LogP contribution in [0.2, 0.25) is 0 Å². The van der Waals surface area contributed by atoms with Gasteiger partial charge in [0.1, 0.15) is 0 Å². The van der Waals surface area contributed by atoms with Gasteiger partial charge in [-0.3, -0.25) is 4.79 Å². The summed E-state index contributed by atoms with van der Waals surface area (Å²) in [4.78, 5) is 31.9. The number of nitrogens with one attached hydrogen (secondary N) is 2. The predicted molar refractivity (Wildman–Crippen MR) is 119 cm³/mol. The first-order valence-electron chi connectivity index (χ1n) is 9.67. The molecule has 1 aliphatic heterocycles. The maximum atomic E-state index is 13.1. The fraction of sp³-hybridized carbons (Fsp3) is 0.125. The van der Waals surface area contributed by atoms with Crippen LogP contribution in [0.15, 0.2) is 83.9 Å². The second-order valence-corrected chi connectivity index (χ2v) is 7.13. The Balaban J connectivity index is 1.68. The fourth-order valence-electron chi connectivity index (χ4n) is 3.37. The van der Waals surface area contributed by atoms with Crippen molar-refractivity contribution < 1.29 is 9.59 Å². The van der Waals surface area contributed by atoms with Gasteiger partial charge < -0.3 is 15.5 Å². The number of nitrogens with zero attached hydrogens (tertiary/aromatic N) is 2. The number of rotatable bonds is 3. The van der Waals surface area contributed by atoms with Crippen LogP contribution in [0.5, 0.6) is 0 Å². The Morgan fingerprint density at radius 1 is 0.933 bits per heavy atom. The summed E-state index contributed by atoms with van der Waals surface area (Å²) < 4.78 is 0. The third-order valence-electron chi connectivity index (χ3n) is 4.97. The SMILES string of the molecule is Cc1ccc(NC(=O)NC2N=C(c3ccccc3)c3ccccc3N(C)C2=O)cc1. The molecule has 0 saturated heterocycles. The first-order valence-corrected chi connectivity index (χ1v) is 9.67. The molecule has 1 heterocycles. The second-order valence-electron chi connectivity index (χ2n) is 7.13. The molecule has 3 amide bonds. The van der Waals surface area contributed by atoms with Crippen LogP contribution >= 0.6 is 0 Å². The van der Waals surface area contributed by atoms with Gasteiger partial charge in [0.05, 0.1) is 11.4 Å². The molecule has 0 bridgehead atoms. The number of urea groups is 1. The molecule has 0 radical (unpaired) electrons. The zero-order valence-corrected chi connectivity index (χ0v) is 16.8. The molecule has 0 spiro atoms. The molecule has 0 fully saturated rings. The molecule has 1 unspecified atom stereocenters. The van der Waals surface area contributed by atoms with Crippen molar-refractivity contribution in [1.82, 2.24) is 5.32 Å². The number of hydrogen-bond donors (Lipinski definition) is 2. The molecular weight excluding hydrogens is 376 g/mol. The number of hydrogen-bond acceptors (Lipinski definition) is 3. The van der Waals surface area contributed by atoms with E-state index in [2.05, 4.69) is 15.6 Å². The normalized spacial score (nSPS) is 15.7. The minimum atomic E-state index is -1.05. The zero-order chi connectivity index (χ0) is 21.1. The van der Waals surface area contributed by atoms with Crippen molar-refractivity contribution in [3.05, 3.63) is 95.6 Å². The lowest BCUT2D eigenvalue weighted by atomic mass is 10.0. The Morgan fingerprint density at radius 3 is 2.33 bits per heavy atom. The summed E-state index contributed by atoms with van der Waals surface area (Å²) in [5, 5.41) is 5.47. The number of para-hydroxylation sites is 1.